The first-order valence-electron chi connectivity index (χ1n) is 7.10. The van der Waals surface area contributed by atoms with Crippen molar-refractivity contribution >= 4 is 38.9 Å². The van der Waals surface area contributed by atoms with Crippen LogP contribution in [-0.2, 0) is 10.0 Å². The predicted molar refractivity (Wildman–Crippen MR) is 97.1 cm³/mol. The quantitative estimate of drug-likeness (QED) is 0.709. The van der Waals surface area contributed by atoms with Crippen LogP contribution in [0.5, 0.6) is 0 Å². The first-order chi connectivity index (χ1) is 12.3. The van der Waals surface area contributed by atoms with E-state index in [9.17, 15) is 17.6 Å². The number of benzene rings is 2. The van der Waals surface area contributed by atoms with Crippen LogP contribution in [0.3, 0.4) is 0 Å². The van der Waals surface area contributed by atoms with Crippen molar-refractivity contribution in [3.05, 3.63) is 80.9 Å². The molecule has 0 amide bonds. The highest BCUT2D eigenvalue weighted by molar-refractivity contribution is 7.92. The van der Waals surface area contributed by atoms with Gasteiger partial charge in [-0.15, -0.1) is 0 Å². The second kappa shape index (κ2) is 7.06. The molecule has 10 heteroatoms. The fourth-order valence-corrected chi connectivity index (χ4v) is 3.41. The Kier molecular flexibility index (Phi) is 4.99. The zero-order valence-corrected chi connectivity index (χ0v) is 15.2. The lowest BCUT2D eigenvalue weighted by Crippen LogP contribution is -2.21. The summed E-state index contributed by atoms with van der Waals surface area (Å²) in [6.45, 7) is 0. The minimum atomic E-state index is -3.88. The molecule has 0 radical (unpaired) electrons. The van der Waals surface area contributed by atoms with E-state index in [0.717, 1.165) is 16.8 Å². The van der Waals surface area contributed by atoms with Crippen molar-refractivity contribution in [1.82, 2.24) is 9.78 Å². The normalized spacial score (nSPS) is 11.3. The fraction of sp³-hybridized carbons (Fsp3) is 0. The highest BCUT2D eigenvalue weighted by Crippen LogP contribution is 2.19. The SMILES string of the molecule is O=c1c(Cl)c(Cl)cnn1-c1ccc(S(=O)(=O)Nc2ccc(F)cc2)cc1. The summed E-state index contributed by atoms with van der Waals surface area (Å²) >= 11 is 11.5. The zero-order valence-electron chi connectivity index (χ0n) is 12.9. The predicted octanol–water partition coefficient (Wildman–Crippen LogP) is 3.48. The lowest BCUT2D eigenvalue weighted by molar-refractivity contribution is 0.601. The molecule has 0 spiro atoms. The van der Waals surface area contributed by atoms with Gasteiger partial charge in [0.2, 0.25) is 0 Å². The third-order valence-electron chi connectivity index (χ3n) is 3.36. The molecular weight excluding hydrogens is 404 g/mol. The van der Waals surface area contributed by atoms with Crippen LogP contribution in [0.2, 0.25) is 10.0 Å². The van der Waals surface area contributed by atoms with Crippen molar-refractivity contribution in [3.63, 3.8) is 0 Å². The Hall–Kier alpha value is -2.42. The van der Waals surface area contributed by atoms with E-state index in [1.807, 2.05) is 0 Å². The molecule has 134 valence electrons. The number of hydrogen-bond acceptors (Lipinski definition) is 4. The average molecular weight is 414 g/mol. The summed E-state index contributed by atoms with van der Waals surface area (Å²) in [5, 5.41) is 3.70. The standard InChI is InChI=1S/C16H10Cl2FN3O3S/c17-14-9-20-22(16(23)15(14)18)12-5-7-13(8-6-12)26(24,25)21-11-3-1-10(19)2-4-11/h1-9,21H. The molecule has 3 rings (SSSR count). The number of hydrogen-bond donors (Lipinski definition) is 1. The molecule has 6 nitrogen and oxygen atoms in total. The van der Waals surface area contributed by atoms with Crippen LogP contribution in [0, 0.1) is 5.82 Å². The molecule has 1 N–H and O–H groups in total. The van der Waals surface area contributed by atoms with Crippen molar-refractivity contribution in [2.45, 2.75) is 4.90 Å². The summed E-state index contributed by atoms with van der Waals surface area (Å²) in [5.41, 5.74) is -0.0913. The summed E-state index contributed by atoms with van der Waals surface area (Å²) in [7, 11) is -3.88. The van der Waals surface area contributed by atoms with Crippen LogP contribution in [0.15, 0.2) is 64.4 Å². The van der Waals surface area contributed by atoms with Crippen molar-refractivity contribution in [2.75, 3.05) is 4.72 Å². The number of halogens is 3. The first kappa shape index (κ1) is 18.4. The summed E-state index contributed by atoms with van der Waals surface area (Å²) in [5.74, 6) is -0.475. The molecule has 0 aliphatic heterocycles. The lowest BCUT2D eigenvalue weighted by Gasteiger charge is -2.09. The average Bonchev–Trinajstić information content (AvgIpc) is 2.62. The molecule has 2 aromatic carbocycles. The maximum absolute atomic E-state index is 12.9. The van der Waals surface area contributed by atoms with Gasteiger partial charge in [0, 0.05) is 5.69 Å². The molecule has 26 heavy (non-hydrogen) atoms. The van der Waals surface area contributed by atoms with E-state index in [0.29, 0.717) is 5.69 Å². The first-order valence-corrected chi connectivity index (χ1v) is 9.34. The van der Waals surface area contributed by atoms with E-state index in [1.54, 1.807) is 0 Å². The van der Waals surface area contributed by atoms with Crippen LogP contribution >= 0.6 is 23.2 Å². The van der Waals surface area contributed by atoms with Crippen LogP contribution in [0.25, 0.3) is 5.69 Å². The Labute approximate surface area is 157 Å². The zero-order chi connectivity index (χ0) is 18.9. The summed E-state index contributed by atoms with van der Waals surface area (Å²) in [4.78, 5) is 12.0. The maximum atomic E-state index is 12.9. The Morgan fingerprint density at radius 2 is 1.62 bits per heavy atom. The minimum absolute atomic E-state index is 0.0237. The molecule has 3 aromatic rings. The number of nitrogens with one attached hydrogen (secondary N) is 1. The van der Waals surface area contributed by atoms with Gasteiger partial charge in [-0.2, -0.15) is 9.78 Å². The Morgan fingerprint density at radius 1 is 1.00 bits per heavy atom. The van der Waals surface area contributed by atoms with Gasteiger partial charge < -0.3 is 0 Å². The minimum Gasteiger partial charge on any atom is -0.280 e. The van der Waals surface area contributed by atoms with Crippen molar-refractivity contribution in [2.24, 2.45) is 0 Å². The van der Waals surface area contributed by atoms with E-state index in [-0.39, 0.29) is 20.6 Å². The molecule has 0 bridgehead atoms. The van der Waals surface area contributed by atoms with Gasteiger partial charge in [-0.1, -0.05) is 23.2 Å². The fourth-order valence-electron chi connectivity index (χ4n) is 2.10. The monoisotopic (exact) mass is 413 g/mol. The second-order valence-corrected chi connectivity index (χ2v) is 7.60. The summed E-state index contributed by atoms with van der Waals surface area (Å²) < 4.78 is 41.0. The maximum Gasteiger partial charge on any atom is 0.291 e. The van der Waals surface area contributed by atoms with Crippen molar-refractivity contribution in [1.29, 1.82) is 0 Å². The highest BCUT2D eigenvalue weighted by Gasteiger charge is 2.15. The van der Waals surface area contributed by atoms with E-state index < -0.39 is 21.4 Å². The van der Waals surface area contributed by atoms with E-state index in [2.05, 4.69) is 9.82 Å². The number of anilines is 1. The topological polar surface area (TPSA) is 81.1 Å². The van der Waals surface area contributed by atoms with E-state index in [1.165, 1.54) is 42.6 Å². The van der Waals surface area contributed by atoms with Gasteiger partial charge in [-0.05, 0) is 48.5 Å². The van der Waals surface area contributed by atoms with Gasteiger partial charge >= 0.3 is 0 Å². The summed E-state index contributed by atoms with van der Waals surface area (Å²) in [6, 6.07) is 10.3. The third-order valence-corrected chi connectivity index (χ3v) is 5.51. The largest absolute Gasteiger partial charge is 0.291 e. The van der Waals surface area contributed by atoms with Crippen LogP contribution in [0.4, 0.5) is 10.1 Å². The molecule has 0 saturated carbocycles. The van der Waals surface area contributed by atoms with Crippen LogP contribution in [0.1, 0.15) is 0 Å². The second-order valence-electron chi connectivity index (χ2n) is 5.13. The lowest BCUT2D eigenvalue weighted by atomic mass is 10.3. The Bertz CT molecular complexity index is 1110. The molecular formula is C16H10Cl2FN3O3S. The third kappa shape index (κ3) is 3.72. The number of sulfonamides is 1. The van der Waals surface area contributed by atoms with E-state index in [4.69, 9.17) is 23.2 Å². The van der Waals surface area contributed by atoms with Gasteiger partial charge in [0.1, 0.15) is 10.8 Å². The van der Waals surface area contributed by atoms with Gasteiger partial charge in [0.05, 0.1) is 21.8 Å². The molecule has 0 fully saturated rings. The molecule has 0 aliphatic carbocycles. The van der Waals surface area contributed by atoms with E-state index >= 15 is 0 Å². The van der Waals surface area contributed by atoms with Gasteiger partial charge in [0.25, 0.3) is 15.6 Å². The van der Waals surface area contributed by atoms with Gasteiger partial charge in [-0.25, -0.2) is 12.8 Å². The smallest absolute Gasteiger partial charge is 0.280 e. The van der Waals surface area contributed by atoms with Crippen LogP contribution in [-0.4, -0.2) is 18.2 Å². The molecule has 0 atom stereocenters. The number of nitrogens with zero attached hydrogens (tertiary/aromatic N) is 2. The Morgan fingerprint density at radius 3 is 2.23 bits per heavy atom. The van der Waals surface area contributed by atoms with Gasteiger partial charge in [-0.3, -0.25) is 9.52 Å². The highest BCUT2D eigenvalue weighted by atomic mass is 35.5. The van der Waals surface area contributed by atoms with Crippen LogP contribution < -0.4 is 10.3 Å². The number of rotatable bonds is 4. The molecule has 0 unspecified atom stereocenters. The van der Waals surface area contributed by atoms with Gasteiger partial charge in [0.15, 0.2) is 0 Å². The van der Waals surface area contributed by atoms with Crippen molar-refractivity contribution < 1.29 is 12.8 Å². The Balaban J connectivity index is 1.91. The molecule has 0 saturated heterocycles. The van der Waals surface area contributed by atoms with Crippen molar-refractivity contribution in [3.8, 4) is 5.69 Å². The molecule has 0 aliphatic rings. The molecule has 1 aromatic heterocycles. The summed E-state index contributed by atoms with van der Waals surface area (Å²) in [6.07, 6.45) is 1.21. The number of aromatic nitrogens is 2. The molecule has 1 heterocycles.